The van der Waals surface area contributed by atoms with Crippen LogP contribution in [0.2, 0.25) is 0 Å². The van der Waals surface area contributed by atoms with Gasteiger partial charge in [-0.3, -0.25) is 19.8 Å². The van der Waals surface area contributed by atoms with Crippen LogP contribution in [0.15, 0.2) is 34.0 Å². The average molecular weight is 364 g/mol. The van der Waals surface area contributed by atoms with E-state index in [9.17, 15) is 9.90 Å². The smallest absolute Gasteiger partial charge is 0.262 e. The molecule has 3 rings (SSSR count). The summed E-state index contributed by atoms with van der Waals surface area (Å²) in [5.41, 5.74) is 1.91. The summed E-state index contributed by atoms with van der Waals surface area (Å²) in [5.74, 6) is -0.0352. The van der Waals surface area contributed by atoms with Gasteiger partial charge >= 0.3 is 0 Å². The van der Waals surface area contributed by atoms with Crippen LogP contribution in [-0.4, -0.2) is 46.1 Å². The Morgan fingerprint density at radius 2 is 2.18 bits per heavy atom. The largest absolute Gasteiger partial charge is 0.384 e. The molecule has 0 spiro atoms. The van der Waals surface area contributed by atoms with Crippen LogP contribution in [0.4, 0.5) is 5.69 Å². The Balaban J connectivity index is 2.15. The van der Waals surface area contributed by atoms with Crippen LogP contribution in [0.1, 0.15) is 6.92 Å². The summed E-state index contributed by atoms with van der Waals surface area (Å²) in [6.07, 6.45) is 2.05. The molecule has 0 radical (unpaired) electrons. The van der Waals surface area contributed by atoms with Gasteiger partial charge in [-0.2, -0.15) is 0 Å². The lowest BCUT2D eigenvalue weighted by Gasteiger charge is -2.25. The number of aliphatic hydroxyl groups is 1. The summed E-state index contributed by atoms with van der Waals surface area (Å²) in [7, 11) is 0. The molecule has 1 aliphatic rings. The van der Waals surface area contributed by atoms with Gasteiger partial charge in [0.25, 0.3) is 5.91 Å². The van der Waals surface area contributed by atoms with Gasteiger partial charge in [0.05, 0.1) is 22.2 Å². The van der Waals surface area contributed by atoms with Gasteiger partial charge in [-0.15, -0.1) is 0 Å². The number of guanidine groups is 1. The van der Waals surface area contributed by atoms with E-state index in [4.69, 9.17) is 0 Å². The van der Waals surface area contributed by atoms with Crippen molar-refractivity contribution in [2.24, 2.45) is 4.99 Å². The highest BCUT2D eigenvalue weighted by Crippen LogP contribution is 2.32. The van der Waals surface area contributed by atoms with Gasteiger partial charge in [0.15, 0.2) is 0 Å². The predicted octanol–water partition coefficient (Wildman–Crippen LogP) is 1.07. The number of carbonyl (C=O) groups excluding carboxylic acids is 1. The Kier molecular flexibility index (Phi) is 4.04. The Hall–Kier alpha value is -2.06. The zero-order chi connectivity index (χ0) is 15.7. The summed E-state index contributed by atoms with van der Waals surface area (Å²) in [4.78, 5) is 26.6. The molecule has 22 heavy (non-hydrogen) atoms. The first kappa shape index (κ1) is 14.9. The second kappa shape index (κ2) is 5.98. The zero-order valence-corrected chi connectivity index (χ0v) is 13.4. The molecule has 1 aromatic heterocycles. The van der Waals surface area contributed by atoms with Crippen LogP contribution >= 0.6 is 15.9 Å². The summed E-state index contributed by atoms with van der Waals surface area (Å²) in [6.45, 7) is 2.67. The van der Waals surface area contributed by atoms with Crippen molar-refractivity contribution >= 4 is 44.5 Å². The summed E-state index contributed by atoms with van der Waals surface area (Å²) >= 11 is 3.49. The van der Waals surface area contributed by atoms with Gasteiger partial charge in [-0.25, -0.2) is 4.90 Å². The van der Waals surface area contributed by atoms with Crippen LogP contribution in [0, 0.1) is 0 Å². The van der Waals surface area contributed by atoms with Crippen molar-refractivity contribution in [3.63, 3.8) is 0 Å². The molecule has 0 bridgehead atoms. The number of nitrogens with one attached hydrogen (secondary N) is 1. The molecule has 8 heteroatoms. The molecule has 2 aromatic rings. The second-order valence-corrected chi connectivity index (χ2v) is 5.60. The number of halogens is 1. The molecule has 1 amide bonds. The van der Waals surface area contributed by atoms with E-state index in [1.165, 1.54) is 11.8 Å². The lowest BCUT2D eigenvalue weighted by atomic mass is 10.2. The Labute approximate surface area is 135 Å². The van der Waals surface area contributed by atoms with Crippen molar-refractivity contribution in [1.29, 1.82) is 0 Å². The minimum Gasteiger partial charge on any atom is -0.384 e. The van der Waals surface area contributed by atoms with Crippen molar-refractivity contribution in [2.45, 2.75) is 13.0 Å². The number of hydrogen-bond acceptors (Lipinski definition) is 6. The third kappa shape index (κ3) is 2.55. The standard InChI is InChI=1S/C14H14BrN5O2/c1-8(21)13(22)20(14-18-6-7-19-14)10-3-2-9-12(11(10)15)17-5-4-16-9/h2-5,8,21H,6-7H2,1H3,(H,18,19)/t8-/m0/s1. The molecule has 0 fully saturated rings. The normalized spacial score (nSPS) is 15.3. The number of amides is 1. The maximum Gasteiger partial charge on any atom is 0.262 e. The number of benzene rings is 1. The summed E-state index contributed by atoms with van der Waals surface area (Å²) < 4.78 is 0.628. The molecule has 2 N–H and O–H groups in total. The minimum atomic E-state index is -1.14. The zero-order valence-electron chi connectivity index (χ0n) is 11.8. The van der Waals surface area contributed by atoms with E-state index >= 15 is 0 Å². The van der Waals surface area contributed by atoms with Gasteiger partial charge in [-0.05, 0) is 35.0 Å². The first-order valence-electron chi connectivity index (χ1n) is 6.79. The first-order chi connectivity index (χ1) is 10.6. The van der Waals surface area contributed by atoms with E-state index in [0.717, 1.165) is 0 Å². The number of rotatable bonds is 2. The van der Waals surface area contributed by atoms with Crippen LogP contribution in [-0.2, 0) is 4.79 Å². The van der Waals surface area contributed by atoms with Crippen molar-refractivity contribution < 1.29 is 9.90 Å². The molecular formula is C14H14BrN5O2. The van der Waals surface area contributed by atoms with Crippen molar-refractivity contribution in [3.8, 4) is 0 Å². The fraction of sp³-hybridized carbons (Fsp3) is 0.286. The van der Waals surface area contributed by atoms with Gasteiger partial charge in [-0.1, -0.05) is 0 Å². The number of aliphatic imine (C=N–C) groups is 1. The maximum absolute atomic E-state index is 12.4. The number of anilines is 1. The first-order valence-corrected chi connectivity index (χ1v) is 7.58. The molecule has 0 saturated carbocycles. The number of aliphatic hydroxyl groups excluding tert-OH is 1. The van der Waals surface area contributed by atoms with E-state index in [2.05, 4.69) is 36.2 Å². The molecule has 0 saturated heterocycles. The molecular weight excluding hydrogens is 350 g/mol. The Morgan fingerprint density at radius 3 is 2.86 bits per heavy atom. The van der Waals surface area contributed by atoms with Gasteiger partial charge < -0.3 is 10.4 Å². The fourth-order valence-corrected chi connectivity index (χ4v) is 2.84. The van der Waals surface area contributed by atoms with Crippen molar-refractivity contribution in [1.82, 2.24) is 15.3 Å². The number of fused-ring (bicyclic) bond motifs is 1. The third-order valence-corrected chi connectivity index (χ3v) is 4.03. The minimum absolute atomic E-state index is 0.426. The van der Waals surface area contributed by atoms with Crippen molar-refractivity contribution in [3.05, 3.63) is 29.0 Å². The number of nitrogens with zero attached hydrogens (tertiary/aromatic N) is 4. The van der Waals surface area contributed by atoms with E-state index in [1.54, 1.807) is 24.5 Å². The molecule has 1 aliphatic heterocycles. The average Bonchev–Trinajstić information content (AvgIpc) is 3.04. The highest BCUT2D eigenvalue weighted by Gasteiger charge is 2.29. The fourth-order valence-electron chi connectivity index (χ4n) is 2.22. The summed E-state index contributed by atoms with van der Waals surface area (Å²) in [5, 5.41) is 12.8. The second-order valence-electron chi connectivity index (χ2n) is 4.80. The van der Waals surface area contributed by atoms with Crippen LogP contribution in [0.3, 0.4) is 0 Å². The topological polar surface area (TPSA) is 90.7 Å². The molecule has 0 aliphatic carbocycles. The molecule has 114 valence electrons. The molecule has 1 atom stereocenters. The lowest BCUT2D eigenvalue weighted by Crippen LogP contribution is -2.47. The monoisotopic (exact) mass is 363 g/mol. The maximum atomic E-state index is 12.4. The summed E-state index contributed by atoms with van der Waals surface area (Å²) in [6, 6.07) is 3.53. The van der Waals surface area contributed by atoms with E-state index in [-0.39, 0.29) is 0 Å². The molecule has 1 aromatic carbocycles. The molecule has 2 heterocycles. The van der Waals surface area contributed by atoms with Crippen molar-refractivity contribution in [2.75, 3.05) is 18.0 Å². The van der Waals surface area contributed by atoms with E-state index in [1.807, 2.05) is 0 Å². The number of aromatic nitrogens is 2. The molecule has 7 nitrogen and oxygen atoms in total. The van der Waals surface area contributed by atoms with Crippen LogP contribution in [0.25, 0.3) is 11.0 Å². The van der Waals surface area contributed by atoms with Gasteiger partial charge in [0.1, 0.15) is 11.6 Å². The highest BCUT2D eigenvalue weighted by molar-refractivity contribution is 9.10. The quantitative estimate of drug-likeness (QED) is 0.832. The predicted molar refractivity (Wildman–Crippen MR) is 86.7 cm³/mol. The number of hydrogen-bond donors (Lipinski definition) is 2. The van der Waals surface area contributed by atoms with Gasteiger partial charge in [0, 0.05) is 18.9 Å². The number of carbonyl (C=O) groups is 1. The Bertz CT molecular complexity index is 762. The SMILES string of the molecule is C[C@H](O)C(=O)N(C1=NCCN1)c1ccc2nccnc2c1Br. The third-order valence-electron chi connectivity index (χ3n) is 3.25. The Morgan fingerprint density at radius 1 is 1.41 bits per heavy atom. The van der Waals surface area contributed by atoms with E-state index < -0.39 is 12.0 Å². The van der Waals surface area contributed by atoms with Gasteiger partial charge in [0.2, 0.25) is 5.96 Å². The lowest BCUT2D eigenvalue weighted by molar-refractivity contribution is -0.124. The molecule has 0 unspecified atom stereocenters. The van der Waals surface area contributed by atoms with Crippen LogP contribution < -0.4 is 10.2 Å². The van der Waals surface area contributed by atoms with E-state index in [0.29, 0.717) is 40.2 Å². The van der Waals surface area contributed by atoms with Crippen LogP contribution in [0.5, 0.6) is 0 Å². The highest BCUT2D eigenvalue weighted by atomic mass is 79.9.